The predicted octanol–water partition coefficient (Wildman–Crippen LogP) is 3.66. The molecule has 0 amide bonds. The van der Waals surface area contributed by atoms with Crippen molar-refractivity contribution in [3.05, 3.63) is 65.7 Å². The number of H-pyrrole nitrogens is 1. The second-order valence-electron chi connectivity index (χ2n) is 6.07. The SMILES string of the molecule is CN=C(NCCCc1nc2ccccc2[nH]1)NCCc1ccccc1F.I. The van der Waals surface area contributed by atoms with E-state index in [1.165, 1.54) is 6.07 Å². The van der Waals surface area contributed by atoms with Gasteiger partial charge in [0.15, 0.2) is 5.96 Å². The molecule has 0 spiro atoms. The van der Waals surface area contributed by atoms with E-state index in [-0.39, 0.29) is 29.8 Å². The van der Waals surface area contributed by atoms with E-state index < -0.39 is 0 Å². The summed E-state index contributed by atoms with van der Waals surface area (Å²) < 4.78 is 13.6. The maximum atomic E-state index is 13.6. The average Bonchev–Trinajstić information content (AvgIpc) is 3.08. The van der Waals surface area contributed by atoms with E-state index in [4.69, 9.17) is 0 Å². The highest BCUT2D eigenvalue weighted by Crippen LogP contribution is 2.11. The number of aromatic nitrogens is 2. The third kappa shape index (κ3) is 6.20. The first-order valence-electron chi connectivity index (χ1n) is 8.88. The van der Waals surface area contributed by atoms with Gasteiger partial charge < -0.3 is 15.6 Å². The van der Waals surface area contributed by atoms with Gasteiger partial charge in [0.2, 0.25) is 0 Å². The second kappa shape index (κ2) is 10.9. The summed E-state index contributed by atoms with van der Waals surface area (Å²) in [5, 5.41) is 6.49. The maximum absolute atomic E-state index is 13.6. The number of para-hydroxylation sites is 2. The number of imidazole rings is 1. The highest BCUT2D eigenvalue weighted by molar-refractivity contribution is 14.0. The molecule has 1 aromatic heterocycles. The molecule has 0 saturated heterocycles. The first-order valence-corrected chi connectivity index (χ1v) is 8.88. The molecule has 3 rings (SSSR count). The summed E-state index contributed by atoms with van der Waals surface area (Å²) in [6.07, 6.45) is 2.42. The fourth-order valence-corrected chi connectivity index (χ4v) is 2.82. The van der Waals surface area contributed by atoms with Gasteiger partial charge >= 0.3 is 0 Å². The zero-order chi connectivity index (χ0) is 18.2. The summed E-state index contributed by atoms with van der Waals surface area (Å²) in [5.41, 5.74) is 2.78. The number of hydrogen-bond donors (Lipinski definition) is 3. The van der Waals surface area contributed by atoms with Crippen LogP contribution in [0.1, 0.15) is 17.8 Å². The molecule has 0 aliphatic carbocycles. The molecule has 27 heavy (non-hydrogen) atoms. The molecule has 0 aliphatic rings. The van der Waals surface area contributed by atoms with Crippen molar-refractivity contribution in [1.82, 2.24) is 20.6 Å². The third-order valence-electron chi connectivity index (χ3n) is 4.19. The van der Waals surface area contributed by atoms with Gasteiger partial charge in [-0.2, -0.15) is 0 Å². The Labute approximate surface area is 175 Å². The molecular weight excluding hydrogens is 456 g/mol. The number of aryl methyl sites for hydroxylation is 1. The number of aliphatic imine (C=N–C) groups is 1. The standard InChI is InChI=1S/C20H24FN5.HI/c1-22-20(24-14-12-15-7-2-3-8-16(15)21)23-13-6-11-19-25-17-9-4-5-10-18(17)26-19;/h2-5,7-10H,6,11-14H2,1H3,(H,25,26)(H2,22,23,24);1H. The van der Waals surface area contributed by atoms with E-state index in [1.54, 1.807) is 19.2 Å². The fourth-order valence-electron chi connectivity index (χ4n) is 2.82. The first-order chi connectivity index (χ1) is 12.8. The molecule has 5 nitrogen and oxygen atoms in total. The highest BCUT2D eigenvalue weighted by atomic mass is 127. The molecule has 0 unspecified atom stereocenters. The molecule has 0 saturated carbocycles. The number of nitrogens with one attached hydrogen (secondary N) is 3. The van der Waals surface area contributed by atoms with Gasteiger partial charge in [-0.05, 0) is 36.6 Å². The summed E-state index contributed by atoms with van der Waals surface area (Å²) in [7, 11) is 1.73. The van der Waals surface area contributed by atoms with Crippen LogP contribution in [0.2, 0.25) is 0 Å². The van der Waals surface area contributed by atoms with E-state index in [0.717, 1.165) is 42.2 Å². The van der Waals surface area contributed by atoms with Gasteiger partial charge in [0.25, 0.3) is 0 Å². The van der Waals surface area contributed by atoms with Gasteiger partial charge in [-0.25, -0.2) is 9.37 Å². The van der Waals surface area contributed by atoms with Crippen molar-refractivity contribution in [2.24, 2.45) is 4.99 Å². The molecule has 2 aromatic carbocycles. The van der Waals surface area contributed by atoms with E-state index in [1.807, 2.05) is 30.3 Å². The molecule has 0 fully saturated rings. The van der Waals surface area contributed by atoms with Gasteiger partial charge in [-0.3, -0.25) is 4.99 Å². The Balaban J connectivity index is 0.00000261. The normalized spacial score (nSPS) is 11.3. The zero-order valence-electron chi connectivity index (χ0n) is 15.3. The number of nitrogens with zero attached hydrogens (tertiary/aromatic N) is 2. The number of aromatic amines is 1. The number of guanidine groups is 1. The average molecular weight is 481 g/mol. The minimum Gasteiger partial charge on any atom is -0.356 e. The molecular formula is C20H25FIN5. The minimum atomic E-state index is -0.164. The van der Waals surface area contributed by atoms with Crippen LogP contribution in [-0.2, 0) is 12.8 Å². The topological polar surface area (TPSA) is 65.1 Å². The first kappa shape index (κ1) is 21.1. The van der Waals surface area contributed by atoms with E-state index >= 15 is 0 Å². The van der Waals surface area contributed by atoms with Crippen molar-refractivity contribution in [2.45, 2.75) is 19.3 Å². The molecule has 0 aliphatic heterocycles. The highest BCUT2D eigenvalue weighted by Gasteiger charge is 2.03. The summed E-state index contributed by atoms with van der Waals surface area (Å²) in [6.45, 7) is 1.42. The lowest BCUT2D eigenvalue weighted by Crippen LogP contribution is -2.38. The number of hydrogen-bond acceptors (Lipinski definition) is 2. The van der Waals surface area contributed by atoms with Gasteiger partial charge in [0.1, 0.15) is 11.6 Å². The van der Waals surface area contributed by atoms with Crippen molar-refractivity contribution in [3.63, 3.8) is 0 Å². The molecule has 0 atom stereocenters. The van der Waals surface area contributed by atoms with Crippen LogP contribution in [-0.4, -0.2) is 36.1 Å². The summed E-state index contributed by atoms with van der Waals surface area (Å²) in [6, 6.07) is 14.9. The van der Waals surface area contributed by atoms with Crippen molar-refractivity contribution < 1.29 is 4.39 Å². The molecule has 1 heterocycles. The van der Waals surface area contributed by atoms with Crippen LogP contribution < -0.4 is 10.6 Å². The van der Waals surface area contributed by atoms with E-state index in [2.05, 4.69) is 25.6 Å². The molecule has 0 bridgehead atoms. The number of benzene rings is 2. The Morgan fingerprint density at radius 1 is 1.04 bits per heavy atom. The summed E-state index contributed by atoms with van der Waals surface area (Å²) >= 11 is 0. The number of fused-ring (bicyclic) bond motifs is 1. The van der Waals surface area contributed by atoms with Crippen molar-refractivity contribution in [3.8, 4) is 0 Å². The van der Waals surface area contributed by atoms with Crippen LogP contribution in [0.5, 0.6) is 0 Å². The monoisotopic (exact) mass is 481 g/mol. The lowest BCUT2D eigenvalue weighted by Gasteiger charge is -2.11. The van der Waals surface area contributed by atoms with Crippen LogP contribution in [0.4, 0.5) is 4.39 Å². The van der Waals surface area contributed by atoms with Crippen LogP contribution >= 0.6 is 24.0 Å². The molecule has 7 heteroatoms. The van der Waals surface area contributed by atoms with Crippen molar-refractivity contribution in [1.29, 1.82) is 0 Å². The van der Waals surface area contributed by atoms with Crippen molar-refractivity contribution >= 4 is 41.0 Å². The third-order valence-corrected chi connectivity index (χ3v) is 4.19. The molecule has 3 N–H and O–H groups in total. The molecule has 144 valence electrons. The maximum Gasteiger partial charge on any atom is 0.190 e. The lowest BCUT2D eigenvalue weighted by molar-refractivity contribution is 0.606. The summed E-state index contributed by atoms with van der Waals surface area (Å²) in [5.74, 6) is 1.56. The lowest BCUT2D eigenvalue weighted by atomic mass is 10.1. The smallest absolute Gasteiger partial charge is 0.190 e. The van der Waals surface area contributed by atoms with Crippen LogP contribution in [0.3, 0.4) is 0 Å². The predicted molar refractivity (Wildman–Crippen MR) is 119 cm³/mol. The quantitative estimate of drug-likeness (QED) is 0.209. The van der Waals surface area contributed by atoms with Gasteiger partial charge in [-0.15, -0.1) is 24.0 Å². The second-order valence-corrected chi connectivity index (χ2v) is 6.07. The Hall–Kier alpha value is -2.16. The van der Waals surface area contributed by atoms with E-state index in [9.17, 15) is 4.39 Å². The minimum absolute atomic E-state index is 0. The Bertz CT molecular complexity index is 844. The molecule has 0 radical (unpaired) electrons. The largest absolute Gasteiger partial charge is 0.356 e. The van der Waals surface area contributed by atoms with Gasteiger partial charge in [0, 0.05) is 26.6 Å². The number of halogens is 2. The van der Waals surface area contributed by atoms with Crippen LogP contribution in [0, 0.1) is 5.82 Å². The Kier molecular flexibility index (Phi) is 8.50. The summed E-state index contributed by atoms with van der Waals surface area (Å²) in [4.78, 5) is 12.1. The Morgan fingerprint density at radius 2 is 1.78 bits per heavy atom. The van der Waals surface area contributed by atoms with Crippen molar-refractivity contribution in [2.75, 3.05) is 20.1 Å². The van der Waals surface area contributed by atoms with Gasteiger partial charge in [-0.1, -0.05) is 30.3 Å². The molecule has 3 aromatic rings. The van der Waals surface area contributed by atoms with Gasteiger partial charge in [0.05, 0.1) is 11.0 Å². The van der Waals surface area contributed by atoms with E-state index in [0.29, 0.717) is 18.5 Å². The Morgan fingerprint density at radius 3 is 2.56 bits per heavy atom. The van der Waals surface area contributed by atoms with Crippen LogP contribution in [0.25, 0.3) is 11.0 Å². The number of rotatable bonds is 7. The fraction of sp³-hybridized carbons (Fsp3) is 0.300. The zero-order valence-corrected chi connectivity index (χ0v) is 17.7. The van der Waals surface area contributed by atoms with Crippen LogP contribution in [0.15, 0.2) is 53.5 Å².